The van der Waals surface area contributed by atoms with Crippen molar-refractivity contribution in [3.05, 3.63) is 12.4 Å². The summed E-state index contributed by atoms with van der Waals surface area (Å²) in [5.74, 6) is 0.473. The van der Waals surface area contributed by atoms with Gasteiger partial charge in [0, 0.05) is 24.5 Å². The molecular weight excluding hydrogens is 312 g/mol. The van der Waals surface area contributed by atoms with Crippen molar-refractivity contribution in [2.45, 2.75) is 37.2 Å². The molecule has 118 valence electrons. The smallest absolute Gasteiger partial charge is 0.247 e. The van der Waals surface area contributed by atoms with Crippen molar-refractivity contribution >= 4 is 27.7 Å². The highest BCUT2D eigenvalue weighted by Crippen LogP contribution is 2.28. The number of carbonyl (C=O) groups excluding carboxylic acids is 1. The van der Waals surface area contributed by atoms with Crippen molar-refractivity contribution < 1.29 is 13.2 Å². The predicted octanol–water partition coefficient (Wildman–Crippen LogP) is 0.398. The Hall–Kier alpha value is -1.06. The molecule has 0 aliphatic carbocycles. The summed E-state index contributed by atoms with van der Waals surface area (Å²) in [6.07, 6.45) is 2.74. The molecule has 1 aliphatic heterocycles. The first-order chi connectivity index (χ1) is 9.61. The van der Waals surface area contributed by atoms with Crippen molar-refractivity contribution in [3.63, 3.8) is 0 Å². The van der Waals surface area contributed by atoms with E-state index in [2.05, 4.69) is 10.4 Å². The monoisotopic (exact) mass is 332 g/mol. The molecule has 1 saturated heterocycles. The molecule has 9 heteroatoms. The average Bonchev–Trinajstić information content (AvgIpc) is 2.94. The first-order valence-corrected chi connectivity index (χ1v) is 9.11. The third kappa shape index (κ3) is 3.58. The molecule has 0 unspecified atom stereocenters. The lowest BCUT2D eigenvalue weighted by Gasteiger charge is -2.26. The number of amides is 1. The Morgan fingerprint density at radius 2 is 2.14 bits per heavy atom. The largest absolute Gasteiger partial charge is 0.350 e. The molecule has 0 radical (unpaired) electrons. The number of aromatic nitrogens is 2. The van der Waals surface area contributed by atoms with Gasteiger partial charge in [-0.2, -0.15) is 9.40 Å². The highest BCUT2D eigenvalue weighted by atomic mass is 32.2. The van der Waals surface area contributed by atoms with Gasteiger partial charge < -0.3 is 5.32 Å². The molecule has 1 atom stereocenters. The molecule has 7 nitrogen and oxygen atoms in total. The number of thioether (sulfide) groups is 1. The number of aryl methyl sites for hydroxylation is 1. The van der Waals surface area contributed by atoms with Gasteiger partial charge in [0.1, 0.15) is 10.9 Å². The van der Waals surface area contributed by atoms with Gasteiger partial charge in [-0.3, -0.25) is 9.48 Å². The Labute approximate surface area is 129 Å². The van der Waals surface area contributed by atoms with Crippen molar-refractivity contribution in [1.29, 1.82) is 0 Å². The van der Waals surface area contributed by atoms with E-state index in [0.717, 1.165) is 0 Å². The topological polar surface area (TPSA) is 84.3 Å². The van der Waals surface area contributed by atoms with Crippen LogP contribution in [0.2, 0.25) is 0 Å². The molecular formula is C12H20N4O3S2. The summed E-state index contributed by atoms with van der Waals surface area (Å²) < 4.78 is 27.9. The van der Waals surface area contributed by atoms with E-state index in [1.54, 1.807) is 7.05 Å². The molecule has 0 saturated carbocycles. The minimum Gasteiger partial charge on any atom is -0.350 e. The number of sulfonamides is 1. The molecule has 0 bridgehead atoms. The fourth-order valence-corrected chi connectivity index (χ4v) is 5.13. The number of hydrogen-bond donors (Lipinski definition) is 1. The van der Waals surface area contributed by atoms with Crippen molar-refractivity contribution in [3.8, 4) is 0 Å². The molecule has 1 amide bonds. The first-order valence-electron chi connectivity index (χ1n) is 6.51. The van der Waals surface area contributed by atoms with E-state index >= 15 is 0 Å². The predicted molar refractivity (Wildman–Crippen MR) is 81.2 cm³/mol. The minimum atomic E-state index is -3.70. The highest BCUT2D eigenvalue weighted by molar-refractivity contribution is 8.00. The van der Waals surface area contributed by atoms with Gasteiger partial charge in [0.25, 0.3) is 0 Å². The van der Waals surface area contributed by atoms with E-state index in [9.17, 15) is 13.2 Å². The lowest BCUT2D eigenvalue weighted by Crippen LogP contribution is -2.52. The summed E-state index contributed by atoms with van der Waals surface area (Å²) in [5, 5.41) is 6.73. The number of hydrogen-bond acceptors (Lipinski definition) is 5. The summed E-state index contributed by atoms with van der Waals surface area (Å²) >= 11 is 1.43. The zero-order chi connectivity index (χ0) is 15.8. The van der Waals surface area contributed by atoms with Crippen LogP contribution in [-0.2, 0) is 21.9 Å². The maximum absolute atomic E-state index is 12.6. The maximum atomic E-state index is 12.6. The zero-order valence-corrected chi connectivity index (χ0v) is 14.2. The van der Waals surface area contributed by atoms with Gasteiger partial charge in [0.15, 0.2) is 0 Å². The Kier molecular flexibility index (Phi) is 4.36. The maximum Gasteiger partial charge on any atom is 0.247 e. The highest BCUT2D eigenvalue weighted by Gasteiger charge is 2.41. The van der Waals surface area contributed by atoms with Crippen LogP contribution >= 0.6 is 11.8 Å². The van der Waals surface area contributed by atoms with Gasteiger partial charge in [-0.1, -0.05) is 0 Å². The van der Waals surface area contributed by atoms with E-state index < -0.39 is 21.6 Å². The van der Waals surface area contributed by atoms with E-state index in [0.29, 0.717) is 5.75 Å². The summed E-state index contributed by atoms with van der Waals surface area (Å²) in [7, 11) is -2.05. The van der Waals surface area contributed by atoms with Gasteiger partial charge in [-0.25, -0.2) is 8.42 Å². The van der Waals surface area contributed by atoms with Crippen LogP contribution in [0.25, 0.3) is 0 Å². The van der Waals surface area contributed by atoms with Crippen LogP contribution in [0, 0.1) is 0 Å². The molecule has 1 N–H and O–H groups in total. The van der Waals surface area contributed by atoms with E-state index in [1.165, 1.54) is 33.1 Å². The standard InChI is InChI=1S/C12H20N4O3S2/c1-12(2,3)14-11(17)10-7-20-8-16(10)21(18,19)9-5-13-15(4)6-9/h5-6,10H,7-8H2,1-4H3,(H,14,17)/t10-/m0/s1. The Balaban J connectivity index is 2.24. The third-order valence-electron chi connectivity index (χ3n) is 2.93. The van der Waals surface area contributed by atoms with Crippen LogP contribution in [0.4, 0.5) is 0 Å². The summed E-state index contributed by atoms with van der Waals surface area (Å²) in [6.45, 7) is 5.60. The number of rotatable bonds is 3. The molecule has 1 fully saturated rings. The van der Waals surface area contributed by atoms with Gasteiger partial charge in [0.05, 0.1) is 12.1 Å². The molecule has 1 aromatic heterocycles. The van der Waals surface area contributed by atoms with Gasteiger partial charge in [-0.15, -0.1) is 11.8 Å². The fraction of sp³-hybridized carbons (Fsp3) is 0.667. The molecule has 2 rings (SSSR count). The quantitative estimate of drug-likeness (QED) is 0.866. The second kappa shape index (κ2) is 5.62. The van der Waals surface area contributed by atoms with Crippen molar-refractivity contribution in [1.82, 2.24) is 19.4 Å². The van der Waals surface area contributed by atoms with E-state index in [4.69, 9.17) is 0 Å². The Bertz CT molecular complexity index is 633. The molecule has 21 heavy (non-hydrogen) atoms. The summed E-state index contributed by atoms with van der Waals surface area (Å²) in [6, 6.07) is -0.681. The van der Waals surface area contributed by atoms with Gasteiger partial charge >= 0.3 is 0 Å². The SMILES string of the molecule is Cn1cc(S(=O)(=O)N2CSC[C@H]2C(=O)NC(C)(C)C)cn1. The average molecular weight is 332 g/mol. The van der Waals surface area contributed by atoms with Crippen LogP contribution in [0.3, 0.4) is 0 Å². The van der Waals surface area contributed by atoms with Crippen LogP contribution < -0.4 is 5.32 Å². The lowest BCUT2D eigenvalue weighted by atomic mass is 10.1. The Morgan fingerprint density at radius 3 is 2.67 bits per heavy atom. The van der Waals surface area contributed by atoms with Crippen LogP contribution in [0.15, 0.2) is 17.3 Å². The molecule has 1 aromatic rings. The van der Waals surface area contributed by atoms with Crippen LogP contribution in [0.5, 0.6) is 0 Å². The van der Waals surface area contributed by atoms with Crippen molar-refractivity contribution in [2.24, 2.45) is 7.05 Å². The number of carbonyl (C=O) groups is 1. The van der Waals surface area contributed by atoms with Gasteiger partial charge in [0.2, 0.25) is 15.9 Å². The van der Waals surface area contributed by atoms with E-state index in [1.807, 2.05) is 20.8 Å². The number of nitrogens with zero attached hydrogens (tertiary/aromatic N) is 3. The summed E-state index contributed by atoms with van der Waals surface area (Å²) in [4.78, 5) is 12.4. The van der Waals surface area contributed by atoms with Crippen LogP contribution in [0.1, 0.15) is 20.8 Å². The fourth-order valence-electron chi connectivity index (χ4n) is 1.99. The Morgan fingerprint density at radius 1 is 1.48 bits per heavy atom. The normalized spacial score (nSPS) is 20.7. The third-order valence-corrected chi connectivity index (χ3v) is 5.91. The minimum absolute atomic E-state index is 0.112. The molecule has 0 aromatic carbocycles. The number of nitrogens with one attached hydrogen (secondary N) is 1. The van der Waals surface area contributed by atoms with Gasteiger partial charge in [-0.05, 0) is 20.8 Å². The van der Waals surface area contributed by atoms with Crippen molar-refractivity contribution in [2.75, 3.05) is 11.6 Å². The molecule has 2 heterocycles. The second-order valence-corrected chi connectivity index (χ2v) is 8.89. The van der Waals surface area contributed by atoms with Crippen LogP contribution in [-0.4, -0.2) is 51.6 Å². The molecule has 1 aliphatic rings. The summed E-state index contributed by atoms with van der Waals surface area (Å²) in [5.41, 5.74) is -0.395. The second-order valence-electron chi connectivity index (χ2n) is 6.00. The zero-order valence-electron chi connectivity index (χ0n) is 12.5. The first kappa shape index (κ1) is 16.3. The molecule has 0 spiro atoms. The lowest BCUT2D eigenvalue weighted by molar-refractivity contribution is -0.125. The van der Waals surface area contributed by atoms with E-state index in [-0.39, 0.29) is 16.7 Å².